The topological polar surface area (TPSA) is 198 Å². The number of piperidine rings is 1. The van der Waals surface area contributed by atoms with Gasteiger partial charge in [-0.3, -0.25) is 19.2 Å². The summed E-state index contributed by atoms with van der Waals surface area (Å²) in [7, 11) is 0. The number of carboxylic acids is 1. The van der Waals surface area contributed by atoms with Gasteiger partial charge in [0.1, 0.15) is 18.7 Å². The van der Waals surface area contributed by atoms with Crippen molar-refractivity contribution in [1.29, 1.82) is 0 Å². The lowest BCUT2D eigenvalue weighted by Crippen LogP contribution is -2.60. The van der Waals surface area contributed by atoms with Gasteiger partial charge in [-0.25, -0.2) is 0 Å². The summed E-state index contributed by atoms with van der Waals surface area (Å²) in [4.78, 5) is 65.1. The van der Waals surface area contributed by atoms with Crippen LogP contribution in [0.4, 0.5) is 0 Å². The van der Waals surface area contributed by atoms with Crippen LogP contribution in [-0.4, -0.2) is 87.4 Å². The first kappa shape index (κ1) is 27.0. The zero-order valence-corrected chi connectivity index (χ0v) is 20.2. The molecule has 1 saturated heterocycles. The van der Waals surface area contributed by atoms with Gasteiger partial charge in [0.2, 0.25) is 23.6 Å². The first-order valence-corrected chi connectivity index (χ1v) is 12.5. The number of amides is 4. The van der Waals surface area contributed by atoms with Gasteiger partial charge in [-0.15, -0.1) is 11.8 Å². The highest BCUT2D eigenvalue weighted by Crippen LogP contribution is 2.22. The van der Waals surface area contributed by atoms with E-state index in [0.29, 0.717) is 6.42 Å². The smallest absolute Gasteiger partial charge is 0.245 e. The molecule has 1 aromatic heterocycles. The molecule has 0 saturated carbocycles. The van der Waals surface area contributed by atoms with Crippen molar-refractivity contribution in [3.63, 3.8) is 0 Å². The van der Waals surface area contributed by atoms with Crippen LogP contribution < -0.4 is 21.5 Å². The van der Waals surface area contributed by atoms with Crippen LogP contribution in [0.5, 0.6) is 0 Å². The molecule has 0 aliphatic carbocycles. The number of carboxylic acid groups (broad SMARTS) is 1. The van der Waals surface area contributed by atoms with Crippen LogP contribution in [0.1, 0.15) is 18.4 Å². The van der Waals surface area contributed by atoms with Crippen LogP contribution in [0, 0.1) is 0 Å². The van der Waals surface area contributed by atoms with Crippen molar-refractivity contribution in [1.82, 2.24) is 20.5 Å². The number of primary amides is 1. The van der Waals surface area contributed by atoms with Crippen molar-refractivity contribution >= 4 is 52.3 Å². The molecule has 0 radical (unpaired) electrons. The van der Waals surface area contributed by atoms with E-state index in [0.717, 1.165) is 28.2 Å². The van der Waals surface area contributed by atoms with Crippen LogP contribution >= 0.6 is 11.8 Å². The lowest BCUT2D eigenvalue weighted by Gasteiger charge is -2.39. The second kappa shape index (κ2) is 12.4. The summed E-state index contributed by atoms with van der Waals surface area (Å²) in [6, 6.07) is 4.88. The van der Waals surface area contributed by atoms with E-state index in [9.17, 15) is 29.1 Å². The van der Waals surface area contributed by atoms with Gasteiger partial charge >= 0.3 is 0 Å². The summed E-state index contributed by atoms with van der Waals surface area (Å²) in [5.74, 6) is -4.32. The molecule has 1 aliphatic rings. The monoisotopic (exact) mass is 518 g/mol. The minimum absolute atomic E-state index is 0.0486. The van der Waals surface area contributed by atoms with E-state index in [-0.39, 0.29) is 30.9 Å². The number of aromatic nitrogens is 1. The molecule has 13 heteroatoms. The van der Waals surface area contributed by atoms with Gasteiger partial charge in [0, 0.05) is 41.9 Å². The molecule has 6 N–H and O–H groups in total. The number of H-pyrrole nitrogens is 1. The molecule has 3 atom stereocenters. The van der Waals surface area contributed by atoms with Crippen LogP contribution in [0.2, 0.25) is 0 Å². The molecule has 194 valence electrons. The molecular weight excluding hydrogens is 490 g/mol. The Morgan fingerprint density at radius 3 is 2.67 bits per heavy atom. The number of nitrogens with one attached hydrogen (secondary N) is 3. The number of thioether (sulfide) groups is 1. The fraction of sp³-hybridized carbons (Fsp3) is 0.435. The molecule has 1 aromatic carbocycles. The van der Waals surface area contributed by atoms with Gasteiger partial charge in [0.15, 0.2) is 0 Å². The molecule has 0 spiro atoms. The average Bonchev–Trinajstić information content (AvgIpc) is 3.25. The maximum atomic E-state index is 13.3. The summed E-state index contributed by atoms with van der Waals surface area (Å²) in [5, 5.41) is 25.8. The molecule has 4 amide bonds. The lowest BCUT2D eigenvalue weighted by molar-refractivity contribution is -0.301. The minimum atomic E-state index is -1.31. The summed E-state index contributed by atoms with van der Waals surface area (Å²) >= 11 is 0.849. The van der Waals surface area contributed by atoms with Gasteiger partial charge < -0.3 is 41.3 Å². The number of aliphatic hydroxyl groups excluding tert-OH is 1. The number of carbonyl (C=O) groups excluding carboxylic acids is 5. The normalized spacial score (nSPS) is 18.4. The lowest BCUT2D eigenvalue weighted by atomic mass is 9.95. The molecule has 2 aromatic rings. The number of likely N-dealkylation sites (tertiary alicyclic amines) is 1. The summed E-state index contributed by atoms with van der Waals surface area (Å²) in [6.45, 7) is -0.604. The van der Waals surface area contributed by atoms with Crippen LogP contribution in [0.25, 0.3) is 10.9 Å². The number of hydrogen-bond acceptors (Lipinski definition) is 8. The highest BCUT2D eigenvalue weighted by atomic mass is 32.2. The second-order valence-electron chi connectivity index (χ2n) is 8.44. The van der Waals surface area contributed by atoms with Gasteiger partial charge in [-0.1, -0.05) is 18.2 Å². The average molecular weight is 519 g/mol. The highest BCUT2D eigenvalue weighted by Gasteiger charge is 2.37. The Kier molecular flexibility index (Phi) is 9.31. The molecule has 2 heterocycles. The molecule has 1 fully saturated rings. The number of carbonyl (C=O) groups is 5. The number of aliphatic carboxylic acids is 1. The molecule has 12 nitrogen and oxygen atoms in total. The number of aliphatic hydroxyl groups is 1. The largest absolute Gasteiger partial charge is 0.549 e. The third-order valence-electron chi connectivity index (χ3n) is 5.94. The number of nitrogens with two attached hydrogens (primary N) is 1. The number of rotatable bonds is 11. The van der Waals surface area contributed by atoms with Crippen molar-refractivity contribution in [3.8, 4) is 0 Å². The number of hydrogen-bond donors (Lipinski definition) is 5. The summed E-state index contributed by atoms with van der Waals surface area (Å²) < 4.78 is 0. The second-order valence-corrected chi connectivity index (χ2v) is 9.43. The maximum absolute atomic E-state index is 13.3. The Balaban J connectivity index is 1.75. The maximum Gasteiger partial charge on any atom is 0.245 e. The highest BCUT2D eigenvalue weighted by molar-refractivity contribution is 8.00. The Morgan fingerprint density at radius 1 is 1.22 bits per heavy atom. The zero-order chi connectivity index (χ0) is 26.2. The van der Waals surface area contributed by atoms with E-state index in [2.05, 4.69) is 15.6 Å². The van der Waals surface area contributed by atoms with Gasteiger partial charge in [-0.05, 0) is 24.5 Å². The summed E-state index contributed by atoms with van der Waals surface area (Å²) in [5.41, 5.74) is 7.22. The number of nitrogens with zero attached hydrogens (tertiary/aromatic N) is 1. The fourth-order valence-corrected chi connectivity index (χ4v) is 4.84. The van der Waals surface area contributed by atoms with Crippen molar-refractivity contribution in [2.75, 3.05) is 24.7 Å². The number of fused-ring (bicyclic) bond motifs is 1. The van der Waals surface area contributed by atoms with Crippen molar-refractivity contribution < 1.29 is 34.2 Å². The first-order chi connectivity index (χ1) is 17.2. The predicted octanol–water partition coefficient (Wildman–Crippen LogP) is -2.37. The zero-order valence-electron chi connectivity index (χ0n) is 19.4. The Morgan fingerprint density at radius 2 is 1.97 bits per heavy atom. The number of benzene rings is 1. The Labute approximate surface area is 211 Å². The van der Waals surface area contributed by atoms with E-state index < -0.39 is 54.3 Å². The SMILES string of the molecule is NC(=O)[C@@H](Cc1c[nH]c2ccccc12)NC(=O)[C@@H]1C[C@@H](NC(=O)CO)CCN1C(=O)CSCC(=O)[O-]. The van der Waals surface area contributed by atoms with E-state index >= 15 is 0 Å². The van der Waals surface area contributed by atoms with E-state index in [4.69, 9.17) is 10.8 Å². The third kappa shape index (κ3) is 6.98. The van der Waals surface area contributed by atoms with Crippen LogP contribution in [0.3, 0.4) is 0 Å². The van der Waals surface area contributed by atoms with E-state index in [1.165, 1.54) is 4.90 Å². The van der Waals surface area contributed by atoms with Crippen molar-refractivity contribution in [2.45, 2.75) is 37.4 Å². The minimum Gasteiger partial charge on any atom is -0.549 e. The third-order valence-corrected chi connectivity index (χ3v) is 6.83. The Hall–Kier alpha value is -3.58. The van der Waals surface area contributed by atoms with Gasteiger partial charge in [0.05, 0.1) is 11.7 Å². The van der Waals surface area contributed by atoms with E-state index in [1.807, 2.05) is 24.3 Å². The van der Waals surface area contributed by atoms with Gasteiger partial charge in [0.25, 0.3) is 0 Å². The van der Waals surface area contributed by atoms with Crippen LogP contribution in [-0.2, 0) is 30.4 Å². The van der Waals surface area contributed by atoms with E-state index in [1.54, 1.807) is 6.20 Å². The number of para-hydroxylation sites is 1. The first-order valence-electron chi connectivity index (χ1n) is 11.3. The van der Waals surface area contributed by atoms with Crippen molar-refractivity contribution in [2.24, 2.45) is 5.73 Å². The molecular formula is C23H28N5O7S-. The molecule has 0 unspecified atom stereocenters. The standard InChI is InChI=1S/C23H29N5O7S/c24-22(34)17(7-13-9-25-16-4-2-1-3-15(13)16)27-23(35)18-8-14(26-19(30)10-29)5-6-28(18)20(31)11-36-12-21(32)33/h1-4,9,14,17-18,25,29H,5-8,10-12H2,(H2,24,34)(H,26,30)(H,27,35)(H,32,33)/p-1/t14-,17+,18-/m0/s1. The van der Waals surface area contributed by atoms with Crippen molar-refractivity contribution in [3.05, 3.63) is 36.0 Å². The summed E-state index contributed by atoms with van der Waals surface area (Å²) in [6.07, 6.45) is 2.24. The molecule has 0 bridgehead atoms. The van der Waals surface area contributed by atoms with Crippen LogP contribution in [0.15, 0.2) is 30.5 Å². The number of aromatic amines is 1. The predicted molar refractivity (Wildman–Crippen MR) is 129 cm³/mol. The fourth-order valence-electron chi connectivity index (χ4n) is 4.23. The van der Waals surface area contributed by atoms with Gasteiger partial charge in [-0.2, -0.15) is 0 Å². The quantitative estimate of drug-likeness (QED) is 0.217. The Bertz CT molecular complexity index is 1140. The molecule has 36 heavy (non-hydrogen) atoms. The molecule has 1 aliphatic heterocycles. The molecule has 3 rings (SSSR count).